The molecule has 1 fully saturated rings. The van der Waals surface area contributed by atoms with Crippen LogP contribution in [0, 0.1) is 0 Å². The van der Waals surface area contributed by atoms with E-state index in [1.165, 1.54) is 0 Å². The Morgan fingerprint density at radius 1 is 1.15 bits per heavy atom. The molecule has 2 aromatic heterocycles. The molecule has 27 heavy (non-hydrogen) atoms. The highest BCUT2D eigenvalue weighted by Crippen LogP contribution is 2.32. The first-order valence-corrected chi connectivity index (χ1v) is 9.41. The van der Waals surface area contributed by atoms with Gasteiger partial charge in [-0.3, -0.25) is 0 Å². The first-order chi connectivity index (χ1) is 13.1. The van der Waals surface area contributed by atoms with Gasteiger partial charge in [-0.25, -0.2) is 0 Å². The van der Waals surface area contributed by atoms with Crippen molar-refractivity contribution in [3.05, 3.63) is 36.0 Å². The van der Waals surface area contributed by atoms with Crippen LogP contribution < -0.4 is 21.5 Å². The molecule has 8 nitrogen and oxygen atoms in total. The van der Waals surface area contributed by atoms with Gasteiger partial charge in [0.15, 0.2) is 5.65 Å². The molecule has 0 spiro atoms. The molecule has 1 aliphatic rings. The predicted octanol–water partition coefficient (Wildman–Crippen LogP) is 2.83. The molecule has 8 heteroatoms. The summed E-state index contributed by atoms with van der Waals surface area (Å²) in [4.78, 5) is 8.66. The number of anilines is 3. The summed E-state index contributed by atoms with van der Waals surface area (Å²) in [5.74, 6) is 1.99. The zero-order valence-electron chi connectivity index (χ0n) is 15.4. The molecule has 1 saturated carbocycles. The van der Waals surface area contributed by atoms with E-state index < -0.39 is 0 Å². The Balaban J connectivity index is 1.62. The maximum Gasteiger partial charge on any atom is 0.233 e. The molecule has 0 amide bonds. The number of nitrogens with zero attached hydrogens (tertiary/aromatic N) is 4. The first kappa shape index (κ1) is 17.5. The zero-order chi connectivity index (χ0) is 18.8. The fourth-order valence-corrected chi connectivity index (χ4v) is 3.55. The molecule has 0 unspecified atom stereocenters. The van der Waals surface area contributed by atoms with Gasteiger partial charge in [0.1, 0.15) is 5.75 Å². The second kappa shape index (κ2) is 7.40. The summed E-state index contributed by atoms with van der Waals surface area (Å²) < 4.78 is 7.20. The predicted molar refractivity (Wildman–Crippen MR) is 105 cm³/mol. The van der Waals surface area contributed by atoms with Crippen LogP contribution in [0.1, 0.15) is 44.2 Å². The average Bonchev–Trinajstić information content (AvgIpc) is 3.08. The minimum Gasteiger partial charge on any atom is -0.494 e. The van der Waals surface area contributed by atoms with Crippen molar-refractivity contribution in [2.24, 2.45) is 5.73 Å². The molecule has 4 rings (SSSR count). The number of hydrogen-bond donors (Lipinski definition) is 3. The van der Waals surface area contributed by atoms with Gasteiger partial charge in [0.25, 0.3) is 0 Å². The molecule has 0 radical (unpaired) electrons. The molecule has 1 aliphatic carbocycles. The number of aromatic nitrogens is 4. The third-order valence-corrected chi connectivity index (χ3v) is 4.97. The normalized spacial score (nSPS) is 19.9. The van der Waals surface area contributed by atoms with Gasteiger partial charge in [0, 0.05) is 23.7 Å². The number of rotatable bonds is 5. The number of benzene rings is 1. The topological polar surface area (TPSA) is 116 Å². The maximum atomic E-state index is 6.03. The Morgan fingerprint density at radius 2 is 1.89 bits per heavy atom. The molecule has 0 saturated heterocycles. The third-order valence-electron chi connectivity index (χ3n) is 4.97. The van der Waals surface area contributed by atoms with Gasteiger partial charge in [0.05, 0.1) is 12.3 Å². The lowest BCUT2D eigenvalue weighted by Crippen LogP contribution is -2.25. The number of nitrogens with two attached hydrogens (primary N) is 2. The quantitative estimate of drug-likeness (QED) is 0.635. The van der Waals surface area contributed by atoms with Crippen LogP contribution in [0.4, 0.5) is 17.6 Å². The van der Waals surface area contributed by atoms with E-state index in [1.807, 2.05) is 37.3 Å². The Kier molecular flexibility index (Phi) is 4.81. The van der Waals surface area contributed by atoms with Crippen molar-refractivity contribution < 1.29 is 4.74 Å². The molecule has 0 bridgehead atoms. The Hall–Kier alpha value is -2.87. The van der Waals surface area contributed by atoms with Crippen LogP contribution in [0.2, 0.25) is 0 Å². The van der Waals surface area contributed by atoms with Crippen LogP contribution in [0.25, 0.3) is 5.65 Å². The number of nitrogen functional groups attached to an aromatic ring is 1. The minimum atomic E-state index is 0.216. The molecule has 0 atom stereocenters. The Bertz CT molecular complexity index is 914. The van der Waals surface area contributed by atoms with E-state index in [-0.39, 0.29) is 5.95 Å². The van der Waals surface area contributed by atoms with Crippen molar-refractivity contribution in [2.75, 3.05) is 17.7 Å². The van der Waals surface area contributed by atoms with E-state index in [1.54, 1.807) is 4.52 Å². The number of hydrogen-bond acceptors (Lipinski definition) is 7. The summed E-state index contributed by atoms with van der Waals surface area (Å²) >= 11 is 0. The van der Waals surface area contributed by atoms with Gasteiger partial charge >= 0.3 is 0 Å². The molecular weight excluding hydrogens is 342 g/mol. The highest BCUT2D eigenvalue weighted by atomic mass is 16.5. The van der Waals surface area contributed by atoms with Gasteiger partial charge in [-0.1, -0.05) is 0 Å². The van der Waals surface area contributed by atoms with Gasteiger partial charge < -0.3 is 21.5 Å². The van der Waals surface area contributed by atoms with Crippen LogP contribution in [0.15, 0.2) is 30.3 Å². The number of nitrogens with one attached hydrogen (secondary N) is 1. The van der Waals surface area contributed by atoms with E-state index in [4.69, 9.17) is 21.3 Å². The van der Waals surface area contributed by atoms with E-state index in [9.17, 15) is 0 Å². The van der Waals surface area contributed by atoms with Crippen LogP contribution >= 0.6 is 0 Å². The Labute approximate surface area is 157 Å². The monoisotopic (exact) mass is 367 g/mol. The smallest absolute Gasteiger partial charge is 0.233 e. The summed E-state index contributed by atoms with van der Waals surface area (Å²) in [6.45, 7) is 2.60. The second-order valence-electron chi connectivity index (χ2n) is 6.94. The molecule has 5 N–H and O–H groups in total. The molecule has 2 heterocycles. The molecule has 0 aliphatic heterocycles. The zero-order valence-corrected chi connectivity index (χ0v) is 15.4. The first-order valence-electron chi connectivity index (χ1n) is 9.41. The van der Waals surface area contributed by atoms with Crippen molar-refractivity contribution in [3.8, 4) is 5.75 Å². The number of ether oxygens (including phenoxy) is 1. The summed E-state index contributed by atoms with van der Waals surface area (Å²) in [5.41, 5.74) is 14.5. The molecular formula is C19H25N7O. The van der Waals surface area contributed by atoms with Gasteiger partial charge in [-0.05, 0) is 56.9 Å². The van der Waals surface area contributed by atoms with Crippen molar-refractivity contribution in [3.63, 3.8) is 0 Å². The van der Waals surface area contributed by atoms with E-state index in [0.29, 0.717) is 30.2 Å². The van der Waals surface area contributed by atoms with Gasteiger partial charge in [-0.15, -0.1) is 0 Å². The fraction of sp³-hybridized carbons (Fsp3) is 0.421. The van der Waals surface area contributed by atoms with E-state index >= 15 is 0 Å². The van der Waals surface area contributed by atoms with Crippen LogP contribution in [0.5, 0.6) is 5.75 Å². The lowest BCUT2D eigenvalue weighted by molar-refractivity contribution is 0.340. The second-order valence-corrected chi connectivity index (χ2v) is 6.94. The number of fused-ring (bicyclic) bond motifs is 1. The SMILES string of the molecule is CCOc1ccc(Nc2nc(N)nc3cc([C@H]4CC[C@@H](N)CC4)nn23)cc1. The van der Waals surface area contributed by atoms with Gasteiger partial charge in [-0.2, -0.15) is 19.6 Å². The molecule has 1 aromatic carbocycles. The summed E-state index contributed by atoms with van der Waals surface area (Å²) in [6, 6.07) is 10.00. The van der Waals surface area contributed by atoms with Crippen molar-refractivity contribution in [1.82, 2.24) is 19.6 Å². The van der Waals surface area contributed by atoms with E-state index in [0.717, 1.165) is 42.8 Å². The largest absolute Gasteiger partial charge is 0.494 e. The summed E-state index contributed by atoms with van der Waals surface area (Å²) in [5, 5.41) is 8.03. The summed E-state index contributed by atoms with van der Waals surface area (Å²) in [7, 11) is 0. The van der Waals surface area contributed by atoms with Crippen LogP contribution in [-0.4, -0.2) is 32.2 Å². The molecule has 3 aromatic rings. The lowest BCUT2D eigenvalue weighted by atomic mass is 9.84. The third kappa shape index (κ3) is 3.80. The standard InChI is InChI=1S/C19H25N7O/c1-2-27-15-9-7-14(8-10-15)22-19-24-18(21)23-17-11-16(25-26(17)19)12-3-5-13(20)6-4-12/h7-13H,2-6,20H2,1H3,(H3,21,22,23,24)/t12-,13+. The van der Waals surface area contributed by atoms with Crippen molar-refractivity contribution in [2.45, 2.75) is 44.6 Å². The minimum absolute atomic E-state index is 0.216. The fourth-order valence-electron chi connectivity index (χ4n) is 3.55. The van der Waals surface area contributed by atoms with Crippen LogP contribution in [0.3, 0.4) is 0 Å². The Morgan fingerprint density at radius 3 is 2.59 bits per heavy atom. The van der Waals surface area contributed by atoms with E-state index in [2.05, 4.69) is 15.3 Å². The highest BCUT2D eigenvalue weighted by Gasteiger charge is 2.23. The highest BCUT2D eigenvalue weighted by molar-refractivity contribution is 5.59. The van der Waals surface area contributed by atoms with Crippen molar-refractivity contribution in [1.29, 1.82) is 0 Å². The van der Waals surface area contributed by atoms with Crippen molar-refractivity contribution >= 4 is 23.2 Å². The summed E-state index contributed by atoms with van der Waals surface area (Å²) in [6.07, 6.45) is 4.17. The average molecular weight is 367 g/mol. The van der Waals surface area contributed by atoms with Gasteiger partial charge in [0.2, 0.25) is 11.9 Å². The molecule has 142 valence electrons. The lowest BCUT2D eigenvalue weighted by Gasteiger charge is -2.24. The van der Waals surface area contributed by atoms with Crippen LogP contribution in [-0.2, 0) is 0 Å². The maximum absolute atomic E-state index is 6.03.